The van der Waals surface area contributed by atoms with Crippen LogP contribution >= 0.6 is 0 Å². The molecule has 0 saturated carbocycles. The molecular weight excluding hydrogens is 570 g/mol. The zero-order chi connectivity index (χ0) is 31.3. The monoisotopic (exact) mass is 611 g/mol. The molecule has 3 aromatic carbocycles. The quantitative estimate of drug-likeness (QED) is 0.161. The van der Waals surface area contributed by atoms with Gasteiger partial charge in [0.05, 0.1) is 28.7 Å². The summed E-state index contributed by atoms with van der Waals surface area (Å²) in [6.45, 7) is 4.52. The van der Waals surface area contributed by atoms with E-state index in [2.05, 4.69) is 51.2 Å². The average molecular weight is 612 g/mol. The number of nitrogens with zero attached hydrogens (tertiary/aromatic N) is 5. The highest BCUT2D eigenvalue weighted by atomic mass is 16.2. The Bertz CT molecular complexity index is 1780. The number of hydrogen-bond donors (Lipinski definition) is 0. The molecule has 2 aliphatic rings. The molecule has 2 aliphatic heterocycles. The number of Topliss-reactive ketones (excluding diaryl/α,β-unsaturated/α-hetero) is 1. The van der Waals surface area contributed by atoms with E-state index in [9.17, 15) is 9.59 Å². The molecule has 1 amide bonds. The number of aromatic nitrogens is 3. The van der Waals surface area contributed by atoms with Crippen molar-refractivity contribution in [2.45, 2.75) is 45.2 Å². The Morgan fingerprint density at radius 3 is 2.22 bits per heavy atom. The number of ketones is 1. The van der Waals surface area contributed by atoms with Crippen LogP contribution in [0.25, 0.3) is 11.0 Å². The number of piperidine rings is 1. The molecule has 7 heteroatoms. The Labute approximate surface area is 270 Å². The second-order valence-corrected chi connectivity index (χ2v) is 13.0. The molecule has 46 heavy (non-hydrogen) atoms. The van der Waals surface area contributed by atoms with Crippen LogP contribution in [-0.4, -0.2) is 62.2 Å². The predicted molar refractivity (Wildman–Crippen MR) is 180 cm³/mol. The number of pyridine rings is 1. The summed E-state index contributed by atoms with van der Waals surface area (Å²) < 4.78 is 2.03. The second kappa shape index (κ2) is 13.4. The summed E-state index contributed by atoms with van der Waals surface area (Å²) >= 11 is 0. The third-order valence-corrected chi connectivity index (χ3v) is 9.99. The zero-order valence-corrected chi connectivity index (χ0v) is 26.3. The molecule has 234 valence electrons. The van der Waals surface area contributed by atoms with Gasteiger partial charge >= 0.3 is 0 Å². The van der Waals surface area contributed by atoms with Crippen LogP contribution in [0.3, 0.4) is 0 Å². The Morgan fingerprint density at radius 2 is 1.48 bits per heavy atom. The van der Waals surface area contributed by atoms with Gasteiger partial charge in [-0.25, -0.2) is 4.98 Å². The van der Waals surface area contributed by atoms with Crippen LogP contribution in [0.1, 0.15) is 53.1 Å². The van der Waals surface area contributed by atoms with Crippen LogP contribution in [-0.2, 0) is 24.3 Å². The van der Waals surface area contributed by atoms with E-state index < -0.39 is 5.41 Å². The highest BCUT2D eigenvalue weighted by molar-refractivity contribution is 5.98. The number of rotatable bonds is 11. The fraction of sp³-hybridized carbons (Fsp3) is 0.333. The highest BCUT2D eigenvalue weighted by Gasteiger charge is 2.46. The van der Waals surface area contributed by atoms with E-state index in [1.165, 1.54) is 11.1 Å². The summed E-state index contributed by atoms with van der Waals surface area (Å²) in [5, 5.41) is 0. The fourth-order valence-corrected chi connectivity index (χ4v) is 7.37. The molecule has 2 saturated heterocycles. The van der Waals surface area contributed by atoms with Gasteiger partial charge in [0.25, 0.3) is 0 Å². The van der Waals surface area contributed by atoms with Gasteiger partial charge in [-0.1, -0.05) is 78.9 Å². The van der Waals surface area contributed by atoms with Gasteiger partial charge in [-0.2, -0.15) is 0 Å². The number of fused-ring (bicyclic) bond motifs is 1. The van der Waals surface area contributed by atoms with Crippen molar-refractivity contribution >= 4 is 22.7 Å². The molecular formula is C39H41N5O2. The van der Waals surface area contributed by atoms with Crippen molar-refractivity contribution in [3.05, 3.63) is 132 Å². The van der Waals surface area contributed by atoms with Crippen molar-refractivity contribution in [3.63, 3.8) is 0 Å². The predicted octanol–water partition coefficient (Wildman–Crippen LogP) is 6.43. The van der Waals surface area contributed by atoms with Gasteiger partial charge in [0.2, 0.25) is 11.7 Å². The smallest absolute Gasteiger partial charge is 0.229 e. The SMILES string of the molecule is O=C(c1nc2ccccc2n1Cc1ccccn1)C1CCN(CCC2(Cc3ccccc3)CCN(Cc3ccccc3)C2=O)CC1. The van der Waals surface area contributed by atoms with Crippen LogP contribution in [0.4, 0.5) is 0 Å². The minimum absolute atomic E-state index is 0.0664. The summed E-state index contributed by atoms with van der Waals surface area (Å²) in [4.78, 5) is 41.9. The lowest BCUT2D eigenvalue weighted by atomic mass is 9.77. The summed E-state index contributed by atoms with van der Waals surface area (Å²) in [6.07, 6.45) is 5.84. The van der Waals surface area contributed by atoms with Gasteiger partial charge in [-0.3, -0.25) is 14.6 Å². The van der Waals surface area contributed by atoms with E-state index in [4.69, 9.17) is 4.98 Å². The molecule has 0 aliphatic carbocycles. The molecule has 7 nitrogen and oxygen atoms in total. The average Bonchev–Trinajstić information content (AvgIpc) is 3.62. The van der Waals surface area contributed by atoms with Crippen LogP contribution in [0.15, 0.2) is 109 Å². The van der Waals surface area contributed by atoms with Gasteiger partial charge in [-0.05, 0) is 87.1 Å². The van der Waals surface area contributed by atoms with Crippen LogP contribution in [0.2, 0.25) is 0 Å². The van der Waals surface area contributed by atoms with Gasteiger partial charge < -0.3 is 14.4 Å². The van der Waals surface area contributed by atoms with Crippen LogP contribution < -0.4 is 0 Å². The molecule has 1 unspecified atom stereocenters. The lowest BCUT2D eigenvalue weighted by Crippen LogP contribution is -2.42. The molecule has 0 bridgehead atoms. The second-order valence-electron chi connectivity index (χ2n) is 13.0. The molecule has 2 fully saturated rings. The number of benzene rings is 3. The lowest BCUT2D eigenvalue weighted by molar-refractivity contribution is -0.137. The van der Waals surface area contributed by atoms with Crippen LogP contribution in [0, 0.1) is 11.3 Å². The van der Waals surface area contributed by atoms with Crippen molar-refractivity contribution in [2.24, 2.45) is 11.3 Å². The first-order chi connectivity index (χ1) is 22.6. The molecule has 5 aromatic rings. The number of imidazole rings is 1. The first-order valence-corrected chi connectivity index (χ1v) is 16.6. The summed E-state index contributed by atoms with van der Waals surface area (Å²) in [5.74, 6) is 0.859. The molecule has 2 aromatic heterocycles. The minimum atomic E-state index is -0.404. The van der Waals surface area contributed by atoms with Crippen LogP contribution in [0.5, 0.6) is 0 Å². The topological polar surface area (TPSA) is 71.3 Å². The van der Waals surface area contributed by atoms with Gasteiger partial charge in [0, 0.05) is 25.2 Å². The maximum absolute atomic E-state index is 14.1. The molecule has 4 heterocycles. The van der Waals surface area contributed by atoms with Crippen molar-refractivity contribution in [1.29, 1.82) is 0 Å². The Morgan fingerprint density at radius 1 is 0.783 bits per heavy atom. The van der Waals surface area contributed by atoms with E-state index in [1.807, 2.05) is 71.3 Å². The number of amides is 1. The van der Waals surface area contributed by atoms with Crippen molar-refractivity contribution in [2.75, 3.05) is 26.2 Å². The molecule has 0 spiro atoms. The third kappa shape index (κ3) is 6.38. The number of hydrogen-bond acceptors (Lipinski definition) is 5. The summed E-state index contributed by atoms with van der Waals surface area (Å²) in [5.41, 5.74) is 4.69. The standard InChI is InChI=1S/C39H41N5O2/c45-36(37-41-34-16-7-8-17-35(34)44(37)29-33-15-9-10-22-40-33)32-18-23-42(24-19-32)25-20-39(27-30-11-3-1-4-12-30)21-26-43(38(39)46)28-31-13-5-2-6-14-31/h1-17,22,32H,18-21,23-29H2. The normalized spacial score (nSPS) is 19.2. The molecule has 0 radical (unpaired) electrons. The lowest BCUT2D eigenvalue weighted by Gasteiger charge is -2.35. The Hall–Kier alpha value is -4.62. The summed E-state index contributed by atoms with van der Waals surface area (Å²) in [6, 6.07) is 34.6. The third-order valence-electron chi connectivity index (χ3n) is 9.99. The van der Waals surface area contributed by atoms with E-state index in [-0.39, 0.29) is 17.6 Å². The van der Waals surface area contributed by atoms with E-state index >= 15 is 0 Å². The number of carbonyl (C=O) groups excluding carboxylic acids is 2. The van der Waals surface area contributed by atoms with E-state index in [1.54, 1.807) is 6.20 Å². The van der Waals surface area contributed by atoms with Crippen molar-refractivity contribution < 1.29 is 9.59 Å². The van der Waals surface area contributed by atoms with Gasteiger partial charge in [0.1, 0.15) is 0 Å². The number of para-hydroxylation sites is 2. The van der Waals surface area contributed by atoms with Crippen molar-refractivity contribution in [1.82, 2.24) is 24.3 Å². The van der Waals surface area contributed by atoms with Crippen molar-refractivity contribution in [3.8, 4) is 0 Å². The fourth-order valence-electron chi connectivity index (χ4n) is 7.37. The van der Waals surface area contributed by atoms with Gasteiger partial charge in [-0.15, -0.1) is 0 Å². The largest absolute Gasteiger partial charge is 0.338 e. The molecule has 7 rings (SSSR count). The molecule has 1 atom stereocenters. The van der Waals surface area contributed by atoms with Gasteiger partial charge in [0.15, 0.2) is 5.82 Å². The Kier molecular flexibility index (Phi) is 8.75. The Balaban J connectivity index is 1.02. The van der Waals surface area contributed by atoms with E-state index in [0.717, 1.165) is 75.0 Å². The zero-order valence-electron chi connectivity index (χ0n) is 26.3. The minimum Gasteiger partial charge on any atom is -0.338 e. The number of carbonyl (C=O) groups is 2. The highest BCUT2D eigenvalue weighted by Crippen LogP contribution is 2.40. The maximum atomic E-state index is 14.1. The molecule has 0 N–H and O–H groups in total. The maximum Gasteiger partial charge on any atom is 0.229 e. The summed E-state index contributed by atoms with van der Waals surface area (Å²) in [7, 11) is 0. The van der Waals surface area contributed by atoms with E-state index in [0.29, 0.717) is 18.9 Å². The number of likely N-dealkylation sites (tertiary alicyclic amines) is 2. The first-order valence-electron chi connectivity index (χ1n) is 16.6. The first kappa shape index (κ1) is 30.1.